The van der Waals surface area contributed by atoms with Crippen molar-refractivity contribution in [1.82, 2.24) is 0 Å². The smallest absolute Gasteiger partial charge is 0.206 e. The van der Waals surface area contributed by atoms with Crippen molar-refractivity contribution in [3.63, 3.8) is 0 Å². The molecule has 5 nitrogen and oxygen atoms in total. The maximum atomic E-state index is 9.03. The van der Waals surface area contributed by atoms with E-state index < -0.39 is 5.79 Å². The van der Waals surface area contributed by atoms with Gasteiger partial charge in [-0.25, -0.2) is 0 Å². The van der Waals surface area contributed by atoms with Crippen molar-refractivity contribution in [3.8, 4) is 0 Å². The number of epoxide rings is 1. The Balaban J connectivity index is 2.28. The minimum absolute atomic E-state index is 0.00988. The van der Waals surface area contributed by atoms with Crippen molar-refractivity contribution in [3.05, 3.63) is 12.7 Å². The van der Waals surface area contributed by atoms with E-state index in [0.29, 0.717) is 13.2 Å². The minimum Gasteiger partial charge on any atom is -0.393 e. The average molecular weight is 232 g/mol. The highest BCUT2D eigenvalue weighted by atomic mass is 16.8. The van der Waals surface area contributed by atoms with Gasteiger partial charge in [0.25, 0.3) is 0 Å². The van der Waals surface area contributed by atoms with Crippen LogP contribution in [0.5, 0.6) is 0 Å². The fourth-order valence-electron chi connectivity index (χ4n) is 1.51. The Morgan fingerprint density at radius 3 is 2.81 bits per heavy atom. The number of ether oxygens (including phenoxy) is 4. The Labute approximate surface area is 95.9 Å². The molecule has 0 aromatic carbocycles. The first-order valence-corrected chi connectivity index (χ1v) is 5.33. The van der Waals surface area contributed by atoms with E-state index in [1.54, 1.807) is 13.2 Å². The van der Waals surface area contributed by atoms with E-state index in [-0.39, 0.29) is 25.4 Å². The first-order valence-electron chi connectivity index (χ1n) is 5.33. The standard InChI is InChI=1S/C11H20O5/c1-4-9(2)11(10(7-12)16-11)15-8-14-6-5-13-3/h4,9-10,12H,1,5-8H2,2-3H3/t9-,10-,11+/m1/s1. The summed E-state index contributed by atoms with van der Waals surface area (Å²) in [7, 11) is 1.61. The van der Waals surface area contributed by atoms with Crippen LogP contribution in [0.3, 0.4) is 0 Å². The summed E-state index contributed by atoms with van der Waals surface area (Å²) in [6.45, 7) is 6.68. The van der Waals surface area contributed by atoms with E-state index in [9.17, 15) is 0 Å². The molecule has 0 unspecified atom stereocenters. The highest BCUT2D eigenvalue weighted by molar-refractivity contribution is 5.03. The van der Waals surface area contributed by atoms with Gasteiger partial charge in [-0.2, -0.15) is 0 Å². The molecule has 0 aromatic heterocycles. The van der Waals surface area contributed by atoms with Crippen molar-refractivity contribution in [1.29, 1.82) is 0 Å². The normalized spacial score (nSPS) is 30.1. The summed E-state index contributed by atoms with van der Waals surface area (Å²) < 4.78 is 20.9. The molecule has 1 aliphatic rings. The Bertz CT molecular complexity index is 220. The monoisotopic (exact) mass is 232 g/mol. The van der Waals surface area contributed by atoms with Gasteiger partial charge >= 0.3 is 0 Å². The van der Waals surface area contributed by atoms with Crippen LogP contribution in [0.4, 0.5) is 0 Å². The van der Waals surface area contributed by atoms with Gasteiger partial charge in [-0.15, -0.1) is 6.58 Å². The molecule has 1 saturated heterocycles. The van der Waals surface area contributed by atoms with Gasteiger partial charge in [0.1, 0.15) is 12.9 Å². The zero-order chi connectivity index (χ0) is 12.0. The van der Waals surface area contributed by atoms with E-state index in [2.05, 4.69) is 6.58 Å². The Hall–Kier alpha value is -0.460. The summed E-state index contributed by atoms with van der Waals surface area (Å²) in [5.41, 5.74) is 0. The highest BCUT2D eigenvalue weighted by Crippen LogP contribution is 2.44. The van der Waals surface area contributed by atoms with Crippen LogP contribution in [-0.4, -0.2) is 50.7 Å². The van der Waals surface area contributed by atoms with Crippen molar-refractivity contribution < 1.29 is 24.1 Å². The number of methoxy groups -OCH3 is 1. The van der Waals surface area contributed by atoms with Crippen LogP contribution in [0.1, 0.15) is 6.92 Å². The fourth-order valence-corrected chi connectivity index (χ4v) is 1.51. The first kappa shape index (κ1) is 13.6. The predicted molar refractivity (Wildman–Crippen MR) is 57.8 cm³/mol. The maximum absolute atomic E-state index is 9.03. The van der Waals surface area contributed by atoms with Crippen LogP contribution < -0.4 is 0 Å². The van der Waals surface area contributed by atoms with Gasteiger partial charge in [0.15, 0.2) is 0 Å². The predicted octanol–water partition coefficient (Wildman–Crippen LogP) is 0.533. The van der Waals surface area contributed by atoms with Gasteiger partial charge in [-0.05, 0) is 0 Å². The number of aliphatic hydroxyl groups is 1. The lowest BCUT2D eigenvalue weighted by Gasteiger charge is -2.18. The lowest BCUT2D eigenvalue weighted by molar-refractivity contribution is -0.156. The van der Waals surface area contributed by atoms with Crippen LogP contribution in [-0.2, 0) is 18.9 Å². The van der Waals surface area contributed by atoms with Gasteiger partial charge in [-0.1, -0.05) is 13.0 Å². The molecule has 0 bridgehead atoms. The molecule has 0 amide bonds. The molecule has 1 fully saturated rings. The molecule has 1 aliphatic heterocycles. The molecular formula is C11H20O5. The first-order chi connectivity index (χ1) is 7.71. The third-order valence-corrected chi connectivity index (χ3v) is 2.67. The Morgan fingerprint density at radius 2 is 2.31 bits per heavy atom. The molecule has 0 radical (unpaired) electrons. The Kier molecular flexibility index (Phi) is 5.37. The summed E-state index contributed by atoms with van der Waals surface area (Å²) in [5.74, 6) is -0.750. The van der Waals surface area contributed by atoms with Crippen molar-refractivity contribution in [2.24, 2.45) is 5.92 Å². The molecule has 16 heavy (non-hydrogen) atoms. The lowest BCUT2D eigenvalue weighted by atomic mass is 10.0. The quantitative estimate of drug-likeness (QED) is 0.272. The maximum Gasteiger partial charge on any atom is 0.206 e. The molecule has 0 spiro atoms. The van der Waals surface area contributed by atoms with Crippen LogP contribution in [0, 0.1) is 5.92 Å². The van der Waals surface area contributed by atoms with Crippen molar-refractivity contribution in [2.45, 2.75) is 18.8 Å². The number of rotatable bonds is 9. The molecular weight excluding hydrogens is 212 g/mol. The van der Waals surface area contributed by atoms with Crippen LogP contribution in [0.25, 0.3) is 0 Å². The summed E-state index contributed by atoms with van der Waals surface area (Å²) >= 11 is 0. The zero-order valence-electron chi connectivity index (χ0n) is 9.85. The van der Waals surface area contributed by atoms with Crippen molar-refractivity contribution in [2.75, 3.05) is 33.7 Å². The van der Waals surface area contributed by atoms with Gasteiger partial charge in [0, 0.05) is 13.0 Å². The average Bonchev–Trinajstić information content (AvgIpc) is 3.03. The molecule has 1 heterocycles. The summed E-state index contributed by atoms with van der Waals surface area (Å²) in [6.07, 6.45) is 1.46. The zero-order valence-corrected chi connectivity index (χ0v) is 9.85. The van der Waals surface area contributed by atoms with E-state index in [1.165, 1.54) is 0 Å². The van der Waals surface area contributed by atoms with Gasteiger partial charge in [-0.3, -0.25) is 0 Å². The SMILES string of the molecule is C=C[C@@H](C)[C@]1(OCOCCOC)O[C@@H]1CO. The number of aliphatic hydroxyl groups excluding tert-OH is 1. The molecule has 94 valence electrons. The second-order valence-corrected chi connectivity index (χ2v) is 3.70. The van der Waals surface area contributed by atoms with Crippen LogP contribution >= 0.6 is 0 Å². The Morgan fingerprint density at radius 1 is 1.56 bits per heavy atom. The summed E-state index contributed by atoms with van der Waals surface area (Å²) in [6, 6.07) is 0. The third-order valence-electron chi connectivity index (χ3n) is 2.67. The molecule has 1 N–H and O–H groups in total. The molecule has 0 saturated carbocycles. The highest BCUT2D eigenvalue weighted by Gasteiger charge is 2.60. The largest absolute Gasteiger partial charge is 0.393 e. The van der Waals surface area contributed by atoms with Crippen LogP contribution in [0.15, 0.2) is 12.7 Å². The molecule has 5 heteroatoms. The van der Waals surface area contributed by atoms with Gasteiger partial charge < -0.3 is 24.1 Å². The van der Waals surface area contributed by atoms with Crippen molar-refractivity contribution >= 4 is 0 Å². The van der Waals surface area contributed by atoms with Gasteiger partial charge in [0.05, 0.1) is 19.8 Å². The lowest BCUT2D eigenvalue weighted by Crippen LogP contribution is -2.30. The summed E-state index contributed by atoms with van der Waals surface area (Å²) in [4.78, 5) is 0. The second-order valence-electron chi connectivity index (χ2n) is 3.70. The fraction of sp³-hybridized carbons (Fsp3) is 0.818. The van der Waals surface area contributed by atoms with E-state index in [0.717, 1.165) is 0 Å². The van der Waals surface area contributed by atoms with Crippen LogP contribution in [0.2, 0.25) is 0 Å². The van der Waals surface area contributed by atoms with E-state index >= 15 is 0 Å². The number of hydrogen-bond acceptors (Lipinski definition) is 5. The molecule has 0 aliphatic carbocycles. The third kappa shape index (κ3) is 3.02. The number of hydrogen-bond donors (Lipinski definition) is 1. The molecule has 1 rings (SSSR count). The van der Waals surface area contributed by atoms with E-state index in [1.807, 2.05) is 6.92 Å². The summed E-state index contributed by atoms with van der Waals surface area (Å²) in [5, 5.41) is 9.03. The minimum atomic E-state index is -0.760. The molecule has 0 aromatic rings. The molecule has 3 atom stereocenters. The second kappa shape index (κ2) is 6.32. The topological polar surface area (TPSA) is 60.5 Å². The van der Waals surface area contributed by atoms with Gasteiger partial charge in [0.2, 0.25) is 5.79 Å². The van der Waals surface area contributed by atoms with E-state index in [4.69, 9.17) is 24.1 Å².